The Morgan fingerprint density at radius 3 is 2.11 bits per heavy atom. The Balaban J connectivity index is 1.64. The lowest BCUT2D eigenvalue weighted by Gasteiger charge is -2.29. The Kier molecular flexibility index (Phi) is 11.0. The number of aryl methyl sites for hydroxylation is 2. The van der Waals surface area contributed by atoms with Crippen molar-refractivity contribution in [2.75, 3.05) is 30.9 Å². The first-order chi connectivity index (χ1) is 22.1. The van der Waals surface area contributed by atoms with Crippen LogP contribution in [0.3, 0.4) is 0 Å². The van der Waals surface area contributed by atoms with E-state index < -0.39 is 22.9 Å². The van der Waals surface area contributed by atoms with Crippen molar-refractivity contribution in [3.8, 4) is 23.0 Å². The number of carbonyl (C=O) groups is 4. The number of ether oxygens (including phenoxy) is 4. The highest BCUT2D eigenvalue weighted by molar-refractivity contribution is 8.15. The summed E-state index contributed by atoms with van der Waals surface area (Å²) in [6.45, 7) is 10.5. The molecule has 4 amide bonds. The minimum absolute atomic E-state index is 0.114. The van der Waals surface area contributed by atoms with Gasteiger partial charge in [-0.2, -0.15) is 0 Å². The number of nitrogens with zero attached hydrogens (tertiary/aromatic N) is 2. The van der Waals surface area contributed by atoms with E-state index in [1.165, 1.54) is 18.9 Å². The average Bonchev–Trinajstić information content (AvgIpc) is 3.30. The van der Waals surface area contributed by atoms with E-state index in [1.807, 2.05) is 26.0 Å². The first kappa shape index (κ1) is 35.1. The molecule has 250 valence electrons. The van der Waals surface area contributed by atoms with Crippen LogP contribution in [-0.2, 0) is 25.5 Å². The molecule has 3 aromatic rings. The van der Waals surface area contributed by atoms with Crippen molar-refractivity contribution >= 4 is 46.3 Å². The summed E-state index contributed by atoms with van der Waals surface area (Å²) in [5.41, 5.74) is 2.28. The van der Waals surface area contributed by atoms with Crippen LogP contribution >= 0.6 is 11.8 Å². The summed E-state index contributed by atoms with van der Waals surface area (Å²) in [5.74, 6) is 1.17. The predicted molar refractivity (Wildman–Crippen MR) is 178 cm³/mol. The summed E-state index contributed by atoms with van der Waals surface area (Å²) in [6, 6.07) is 15.4. The molecule has 47 heavy (non-hydrogen) atoms. The van der Waals surface area contributed by atoms with Gasteiger partial charge in [-0.1, -0.05) is 23.9 Å². The van der Waals surface area contributed by atoms with Gasteiger partial charge in [-0.25, -0.2) is 4.79 Å². The van der Waals surface area contributed by atoms with E-state index in [4.69, 9.17) is 23.8 Å². The van der Waals surface area contributed by atoms with Crippen molar-refractivity contribution in [2.24, 2.45) is 0 Å². The molecular formula is C34H39N3O9S. The number of carbonyl (C=O) groups excluding carboxylic acids is 4. The molecule has 1 unspecified atom stereocenters. The van der Waals surface area contributed by atoms with Crippen LogP contribution in [0.15, 0.2) is 54.6 Å². The third-order valence-electron chi connectivity index (χ3n) is 6.78. The standard InChI is InChI=1S/C34H39N3O9S/c1-20-15-26(16-21(2)30(20)43-19-42-8)44-25-13-14-27(28(18-25)36(7)33(41)45-34(4,5)6)37(22(3)38)46-24-11-9-23(10-12-24)17-29-31(39)35-32(40)47-29/h9-16,18,29H,17,19H2,1-8H3,(H,35,39,40). The number of imide groups is 1. The average molecular weight is 666 g/mol. The minimum atomic E-state index is -0.773. The number of rotatable bonds is 11. The SMILES string of the molecule is COCOc1c(C)cc(Oc2ccc(N(Oc3ccc(CC4SC(=O)NC4=O)cc3)C(C)=O)c(N(C)C(=O)OC(C)(C)C)c2)cc1C. The molecule has 1 fully saturated rings. The largest absolute Gasteiger partial charge is 0.467 e. The molecule has 13 heteroatoms. The number of thioether (sulfide) groups is 1. The van der Waals surface area contributed by atoms with Crippen LogP contribution in [0.5, 0.6) is 23.0 Å². The number of hydrogen-bond donors (Lipinski definition) is 1. The molecule has 1 N–H and O–H groups in total. The molecule has 1 aliphatic rings. The molecule has 1 heterocycles. The number of amides is 4. The van der Waals surface area contributed by atoms with Gasteiger partial charge in [0.15, 0.2) is 12.5 Å². The number of benzene rings is 3. The predicted octanol–water partition coefficient (Wildman–Crippen LogP) is 6.69. The molecule has 0 bridgehead atoms. The van der Waals surface area contributed by atoms with Crippen LogP contribution < -0.4 is 29.6 Å². The van der Waals surface area contributed by atoms with Gasteiger partial charge >= 0.3 is 6.09 Å². The van der Waals surface area contributed by atoms with Crippen LogP contribution in [0.2, 0.25) is 0 Å². The van der Waals surface area contributed by atoms with Crippen molar-refractivity contribution in [3.63, 3.8) is 0 Å². The van der Waals surface area contributed by atoms with Crippen molar-refractivity contribution in [2.45, 2.75) is 58.8 Å². The first-order valence-corrected chi connectivity index (χ1v) is 15.6. The molecule has 1 aliphatic heterocycles. The lowest BCUT2D eigenvalue weighted by atomic mass is 10.1. The van der Waals surface area contributed by atoms with E-state index in [1.54, 1.807) is 70.3 Å². The third kappa shape index (κ3) is 9.17. The van der Waals surface area contributed by atoms with E-state index in [9.17, 15) is 19.2 Å². The van der Waals surface area contributed by atoms with Gasteiger partial charge in [0.05, 0.1) is 10.9 Å². The fourth-order valence-corrected chi connectivity index (χ4v) is 5.56. The maximum Gasteiger partial charge on any atom is 0.414 e. The normalized spacial score (nSPS) is 14.3. The zero-order valence-corrected chi connectivity index (χ0v) is 28.5. The Morgan fingerprint density at radius 1 is 0.915 bits per heavy atom. The second-order valence-electron chi connectivity index (χ2n) is 11.9. The second kappa shape index (κ2) is 14.8. The number of nitrogens with one attached hydrogen (secondary N) is 1. The van der Waals surface area contributed by atoms with E-state index in [-0.39, 0.29) is 29.3 Å². The van der Waals surface area contributed by atoms with Gasteiger partial charge < -0.3 is 23.8 Å². The molecule has 4 rings (SSSR count). The van der Waals surface area contributed by atoms with Crippen LogP contribution in [0.4, 0.5) is 21.0 Å². The van der Waals surface area contributed by atoms with Crippen molar-refractivity contribution < 1.29 is 43.0 Å². The molecule has 0 spiro atoms. The number of methoxy groups -OCH3 is 1. The number of anilines is 2. The van der Waals surface area contributed by atoms with Gasteiger partial charge in [0.25, 0.3) is 11.1 Å². The van der Waals surface area contributed by atoms with Gasteiger partial charge in [0.1, 0.15) is 28.5 Å². The van der Waals surface area contributed by atoms with Crippen molar-refractivity contribution in [3.05, 3.63) is 71.3 Å². The highest BCUT2D eigenvalue weighted by atomic mass is 32.2. The molecule has 0 radical (unpaired) electrons. The summed E-state index contributed by atoms with van der Waals surface area (Å²) in [4.78, 5) is 57.0. The van der Waals surface area contributed by atoms with Crippen molar-refractivity contribution in [1.29, 1.82) is 0 Å². The molecule has 0 aromatic heterocycles. The van der Waals surface area contributed by atoms with Crippen LogP contribution in [0.25, 0.3) is 0 Å². The topological polar surface area (TPSA) is 133 Å². The zero-order valence-electron chi connectivity index (χ0n) is 27.7. The first-order valence-electron chi connectivity index (χ1n) is 14.8. The highest BCUT2D eigenvalue weighted by Gasteiger charge is 2.32. The zero-order chi connectivity index (χ0) is 34.5. The summed E-state index contributed by atoms with van der Waals surface area (Å²) in [5, 5.41) is 2.48. The third-order valence-corrected chi connectivity index (χ3v) is 7.76. The fourth-order valence-electron chi connectivity index (χ4n) is 4.70. The summed E-state index contributed by atoms with van der Waals surface area (Å²) in [6.07, 6.45) is -0.296. The minimum Gasteiger partial charge on any atom is -0.467 e. The fraction of sp³-hybridized carbons (Fsp3) is 0.353. The molecular weight excluding hydrogens is 626 g/mol. The Morgan fingerprint density at radius 2 is 1.55 bits per heavy atom. The van der Waals surface area contributed by atoms with Crippen molar-refractivity contribution in [1.82, 2.24) is 5.32 Å². The molecule has 0 aliphatic carbocycles. The molecule has 3 aromatic carbocycles. The van der Waals surface area contributed by atoms with Gasteiger partial charge in [0, 0.05) is 27.1 Å². The number of hydroxylamine groups is 1. The van der Waals surface area contributed by atoms with Crippen LogP contribution in [0, 0.1) is 13.8 Å². The van der Waals surface area contributed by atoms with Crippen LogP contribution in [0.1, 0.15) is 44.4 Å². The van der Waals surface area contributed by atoms with E-state index in [0.29, 0.717) is 29.4 Å². The summed E-state index contributed by atoms with van der Waals surface area (Å²) < 4.78 is 22.5. The molecule has 1 saturated heterocycles. The van der Waals surface area contributed by atoms with Gasteiger partial charge in [0.2, 0.25) is 5.91 Å². The maximum absolute atomic E-state index is 13.2. The quantitative estimate of drug-likeness (QED) is 0.174. The highest BCUT2D eigenvalue weighted by Crippen LogP contribution is 2.38. The van der Waals surface area contributed by atoms with E-state index in [0.717, 1.165) is 33.5 Å². The Hall–Kier alpha value is -4.75. The van der Waals surface area contributed by atoms with Gasteiger partial charge in [-0.05, 0) is 94.1 Å². The second-order valence-corrected chi connectivity index (χ2v) is 13.0. The van der Waals surface area contributed by atoms with E-state index in [2.05, 4.69) is 5.32 Å². The van der Waals surface area contributed by atoms with Gasteiger partial charge in [-0.3, -0.25) is 24.6 Å². The Labute approximate surface area is 278 Å². The van der Waals surface area contributed by atoms with Gasteiger partial charge in [-0.15, -0.1) is 5.06 Å². The summed E-state index contributed by atoms with van der Waals surface area (Å²) in [7, 11) is 3.08. The van der Waals surface area contributed by atoms with E-state index >= 15 is 0 Å². The number of hydrogen-bond acceptors (Lipinski definition) is 10. The molecule has 12 nitrogen and oxygen atoms in total. The van der Waals surface area contributed by atoms with Crippen LogP contribution in [-0.4, -0.2) is 54.9 Å². The monoisotopic (exact) mass is 665 g/mol. The lowest BCUT2D eigenvalue weighted by Crippen LogP contribution is -2.37. The molecule has 0 saturated carbocycles. The molecule has 1 atom stereocenters. The smallest absolute Gasteiger partial charge is 0.414 e. The Bertz CT molecular complexity index is 1630. The maximum atomic E-state index is 13.2. The lowest BCUT2D eigenvalue weighted by molar-refractivity contribution is -0.120. The summed E-state index contributed by atoms with van der Waals surface area (Å²) >= 11 is 0.954.